The lowest BCUT2D eigenvalue weighted by molar-refractivity contribution is -0.139. The summed E-state index contributed by atoms with van der Waals surface area (Å²) in [5, 5.41) is 13.8. The maximum absolute atomic E-state index is 11.5. The van der Waals surface area contributed by atoms with E-state index >= 15 is 0 Å². The summed E-state index contributed by atoms with van der Waals surface area (Å²) in [5.74, 6) is -1.08. The lowest BCUT2D eigenvalue weighted by atomic mass is 10.1. The quantitative estimate of drug-likeness (QED) is 0.393. The number of primary amides is 1. The summed E-state index contributed by atoms with van der Waals surface area (Å²) in [6.07, 6.45) is 3.03. The fourth-order valence-electron chi connectivity index (χ4n) is 1.66. The molecule has 0 aliphatic heterocycles. The summed E-state index contributed by atoms with van der Waals surface area (Å²) in [6, 6.07) is -1.70. The SMILES string of the molecule is NC(=O)CCC(NC(=O)NCCCOCC1CC1)C(=O)O. The fourth-order valence-corrected chi connectivity index (χ4v) is 1.66. The van der Waals surface area contributed by atoms with Crippen LogP contribution in [0.3, 0.4) is 0 Å². The van der Waals surface area contributed by atoms with E-state index in [0.717, 1.165) is 6.61 Å². The van der Waals surface area contributed by atoms with Crippen molar-refractivity contribution >= 4 is 17.9 Å². The normalized spacial score (nSPS) is 15.2. The lowest BCUT2D eigenvalue weighted by Crippen LogP contribution is -2.46. The van der Waals surface area contributed by atoms with Gasteiger partial charge in [-0.05, 0) is 31.6 Å². The first-order valence-electron chi connectivity index (χ1n) is 7.12. The number of nitrogens with one attached hydrogen (secondary N) is 2. The molecule has 0 saturated heterocycles. The van der Waals surface area contributed by atoms with E-state index in [4.69, 9.17) is 15.6 Å². The number of rotatable bonds is 11. The molecule has 1 rings (SSSR count). The van der Waals surface area contributed by atoms with Crippen molar-refractivity contribution in [3.8, 4) is 0 Å². The zero-order valence-corrected chi connectivity index (χ0v) is 12.0. The standard InChI is InChI=1S/C13H23N3O5/c14-11(17)5-4-10(12(18)19)16-13(20)15-6-1-7-21-8-9-2-3-9/h9-10H,1-8H2,(H2,14,17)(H,18,19)(H2,15,16,20). The van der Waals surface area contributed by atoms with Crippen LogP contribution in [0.25, 0.3) is 0 Å². The third-order valence-corrected chi connectivity index (χ3v) is 3.08. The Morgan fingerprint density at radius 3 is 2.62 bits per heavy atom. The molecule has 1 aliphatic carbocycles. The maximum Gasteiger partial charge on any atom is 0.326 e. The number of amides is 3. The number of nitrogens with two attached hydrogens (primary N) is 1. The molecule has 0 aromatic carbocycles. The number of ether oxygens (including phenoxy) is 1. The molecule has 1 unspecified atom stereocenters. The minimum atomic E-state index is -1.20. The molecule has 1 saturated carbocycles. The van der Waals surface area contributed by atoms with Crippen LogP contribution in [0.1, 0.15) is 32.1 Å². The van der Waals surface area contributed by atoms with Crippen LogP contribution in [0.2, 0.25) is 0 Å². The Morgan fingerprint density at radius 1 is 1.33 bits per heavy atom. The van der Waals surface area contributed by atoms with Crippen molar-refractivity contribution in [1.82, 2.24) is 10.6 Å². The molecule has 0 bridgehead atoms. The number of carbonyl (C=O) groups is 3. The number of hydrogen-bond acceptors (Lipinski definition) is 4. The Labute approximate surface area is 123 Å². The lowest BCUT2D eigenvalue weighted by Gasteiger charge is -2.14. The first kappa shape index (κ1) is 17.2. The van der Waals surface area contributed by atoms with E-state index < -0.39 is 23.9 Å². The van der Waals surface area contributed by atoms with Crippen molar-refractivity contribution in [2.75, 3.05) is 19.8 Å². The summed E-state index contributed by atoms with van der Waals surface area (Å²) in [4.78, 5) is 33.1. The Balaban J connectivity index is 2.07. The van der Waals surface area contributed by atoms with Gasteiger partial charge in [0.15, 0.2) is 0 Å². The van der Waals surface area contributed by atoms with E-state index in [9.17, 15) is 14.4 Å². The third-order valence-electron chi connectivity index (χ3n) is 3.08. The van der Waals surface area contributed by atoms with Gasteiger partial charge < -0.3 is 26.2 Å². The number of aliphatic carboxylic acids is 1. The summed E-state index contributed by atoms with van der Waals surface area (Å²) in [5.41, 5.74) is 4.95. The van der Waals surface area contributed by atoms with Crippen molar-refractivity contribution in [1.29, 1.82) is 0 Å². The second kappa shape index (κ2) is 9.17. The fraction of sp³-hybridized carbons (Fsp3) is 0.769. The Hall–Kier alpha value is -1.83. The number of carbonyl (C=O) groups excluding carboxylic acids is 2. The van der Waals surface area contributed by atoms with Gasteiger partial charge in [-0.15, -0.1) is 0 Å². The molecular formula is C13H23N3O5. The van der Waals surface area contributed by atoms with Gasteiger partial charge in [-0.25, -0.2) is 9.59 Å². The van der Waals surface area contributed by atoms with Crippen LogP contribution in [0.15, 0.2) is 0 Å². The van der Waals surface area contributed by atoms with Gasteiger partial charge in [-0.3, -0.25) is 4.79 Å². The van der Waals surface area contributed by atoms with Gasteiger partial charge in [0.05, 0.1) is 0 Å². The summed E-state index contributed by atoms with van der Waals surface area (Å²) in [6.45, 7) is 1.75. The topological polar surface area (TPSA) is 131 Å². The second-order valence-corrected chi connectivity index (χ2v) is 5.17. The van der Waals surface area contributed by atoms with E-state index in [1.807, 2.05) is 0 Å². The van der Waals surface area contributed by atoms with E-state index in [1.54, 1.807) is 0 Å². The van der Waals surface area contributed by atoms with Crippen molar-refractivity contribution < 1.29 is 24.2 Å². The van der Waals surface area contributed by atoms with Gasteiger partial charge in [0.25, 0.3) is 0 Å². The van der Waals surface area contributed by atoms with Crippen molar-refractivity contribution in [3.05, 3.63) is 0 Å². The van der Waals surface area contributed by atoms with Crippen LogP contribution in [-0.4, -0.2) is 48.8 Å². The highest BCUT2D eigenvalue weighted by Gasteiger charge is 2.21. The second-order valence-electron chi connectivity index (χ2n) is 5.17. The monoisotopic (exact) mass is 301 g/mol. The molecule has 21 heavy (non-hydrogen) atoms. The Morgan fingerprint density at radius 2 is 2.05 bits per heavy atom. The van der Waals surface area contributed by atoms with Crippen LogP contribution in [0, 0.1) is 5.92 Å². The van der Waals surface area contributed by atoms with Crippen molar-refractivity contribution in [2.45, 2.75) is 38.1 Å². The molecule has 1 aliphatic rings. The molecule has 1 atom stereocenters. The van der Waals surface area contributed by atoms with Crippen molar-refractivity contribution in [3.63, 3.8) is 0 Å². The van der Waals surface area contributed by atoms with Gasteiger partial charge in [-0.2, -0.15) is 0 Å². The maximum atomic E-state index is 11.5. The molecule has 0 aromatic rings. The molecule has 8 heteroatoms. The van der Waals surface area contributed by atoms with Crippen LogP contribution in [0.5, 0.6) is 0 Å². The van der Waals surface area contributed by atoms with E-state index in [2.05, 4.69) is 10.6 Å². The molecule has 0 radical (unpaired) electrons. The van der Waals surface area contributed by atoms with Gasteiger partial charge in [0.2, 0.25) is 5.91 Å². The van der Waals surface area contributed by atoms with E-state index in [0.29, 0.717) is 25.5 Å². The molecule has 120 valence electrons. The Kier molecular flexibility index (Phi) is 7.52. The van der Waals surface area contributed by atoms with Crippen LogP contribution < -0.4 is 16.4 Å². The predicted octanol–water partition coefficient (Wildman–Crippen LogP) is -0.179. The van der Waals surface area contributed by atoms with Crippen LogP contribution in [-0.2, 0) is 14.3 Å². The summed E-state index contributed by atoms with van der Waals surface area (Å²) >= 11 is 0. The zero-order valence-electron chi connectivity index (χ0n) is 12.0. The number of carboxylic acids is 1. The summed E-state index contributed by atoms with van der Waals surface area (Å²) < 4.78 is 5.41. The van der Waals surface area contributed by atoms with E-state index in [-0.39, 0.29) is 12.8 Å². The molecule has 0 aromatic heterocycles. The minimum Gasteiger partial charge on any atom is -0.480 e. The van der Waals surface area contributed by atoms with Crippen LogP contribution in [0.4, 0.5) is 4.79 Å². The van der Waals surface area contributed by atoms with Gasteiger partial charge in [0, 0.05) is 26.2 Å². The largest absolute Gasteiger partial charge is 0.480 e. The molecule has 5 N–H and O–H groups in total. The van der Waals surface area contributed by atoms with Crippen molar-refractivity contribution in [2.24, 2.45) is 11.7 Å². The molecule has 0 heterocycles. The minimum absolute atomic E-state index is 0.0252. The molecule has 3 amide bonds. The highest BCUT2D eigenvalue weighted by molar-refractivity contribution is 5.83. The number of carboxylic acid groups (broad SMARTS) is 1. The highest BCUT2D eigenvalue weighted by atomic mass is 16.5. The average Bonchev–Trinajstić information content (AvgIpc) is 3.22. The first-order chi connectivity index (χ1) is 9.99. The zero-order chi connectivity index (χ0) is 15.7. The smallest absolute Gasteiger partial charge is 0.326 e. The molecular weight excluding hydrogens is 278 g/mol. The number of urea groups is 1. The average molecular weight is 301 g/mol. The highest BCUT2D eigenvalue weighted by Crippen LogP contribution is 2.28. The van der Waals surface area contributed by atoms with Crippen LogP contribution >= 0.6 is 0 Å². The van der Waals surface area contributed by atoms with Gasteiger partial charge in [0.1, 0.15) is 6.04 Å². The molecule has 0 spiro atoms. The molecule has 8 nitrogen and oxygen atoms in total. The van der Waals surface area contributed by atoms with Gasteiger partial charge >= 0.3 is 12.0 Å². The molecule has 1 fully saturated rings. The predicted molar refractivity (Wildman–Crippen MR) is 74.5 cm³/mol. The Bertz CT molecular complexity index is 371. The third kappa shape index (κ3) is 8.85. The van der Waals surface area contributed by atoms with E-state index in [1.165, 1.54) is 12.8 Å². The van der Waals surface area contributed by atoms with Gasteiger partial charge in [-0.1, -0.05) is 0 Å². The number of hydrogen-bond donors (Lipinski definition) is 4. The summed E-state index contributed by atoms with van der Waals surface area (Å²) in [7, 11) is 0. The first-order valence-corrected chi connectivity index (χ1v) is 7.12.